The van der Waals surface area contributed by atoms with Crippen molar-refractivity contribution in [3.63, 3.8) is 0 Å². The van der Waals surface area contributed by atoms with Crippen molar-refractivity contribution in [1.29, 1.82) is 0 Å². The highest BCUT2D eigenvalue weighted by molar-refractivity contribution is 7.80. The molecule has 1 aromatic rings. The van der Waals surface area contributed by atoms with E-state index in [9.17, 15) is 9.18 Å². The predicted octanol–water partition coefficient (Wildman–Crippen LogP) is 1.88. The van der Waals surface area contributed by atoms with Gasteiger partial charge in [0.05, 0.1) is 16.6 Å². The first-order valence-electron chi connectivity index (χ1n) is 5.17. The fraction of sp³-hybridized carbons (Fsp3) is 0.333. The van der Waals surface area contributed by atoms with E-state index in [-0.39, 0.29) is 10.6 Å². The number of benzene rings is 1. The van der Waals surface area contributed by atoms with Crippen LogP contribution in [0.1, 0.15) is 22.8 Å². The molecule has 0 aliphatic rings. The summed E-state index contributed by atoms with van der Waals surface area (Å²) >= 11 is 4.81. The van der Waals surface area contributed by atoms with Crippen LogP contribution >= 0.6 is 12.2 Å². The molecule has 2 N–H and O–H groups in total. The minimum Gasteiger partial charge on any atom is -0.392 e. The standard InChI is InChI=1S/C12H15FN2OS/c1-7-5-4-6-9(10(7)13)12(16)15(3)8(2)11(14)17/h4-6,8H,1-3H3,(H2,14,17). The smallest absolute Gasteiger partial charge is 0.257 e. The summed E-state index contributed by atoms with van der Waals surface area (Å²) in [7, 11) is 1.55. The number of amides is 1. The van der Waals surface area contributed by atoms with Crippen LogP contribution in [0.15, 0.2) is 18.2 Å². The Bertz CT molecular complexity index is 462. The molecule has 0 fully saturated rings. The lowest BCUT2D eigenvalue weighted by atomic mass is 10.1. The van der Waals surface area contributed by atoms with Crippen LogP contribution in [0.4, 0.5) is 4.39 Å². The highest BCUT2D eigenvalue weighted by Gasteiger charge is 2.22. The minimum absolute atomic E-state index is 0.0376. The molecule has 0 bridgehead atoms. The van der Waals surface area contributed by atoms with Gasteiger partial charge in [0.25, 0.3) is 5.91 Å². The van der Waals surface area contributed by atoms with E-state index < -0.39 is 17.8 Å². The zero-order valence-electron chi connectivity index (χ0n) is 10.0. The summed E-state index contributed by atoms with van der Waals surface area (Å²) in [6, 6.07) is 4.30. The van der Waals surface area contributed by atoms with Crippen molar-refractivity contribution in [2.75, 3.05) is 7.05 Å². The summed E-state index contributed by atoms with van der Waals surface area (Å²) in [6.07, 6.45) is 0. The number of nitrogens with zero attached hydrogens (tertiary/aromatic N) is 1. The van der Waals surface area contributed by atoms with Crippen molar-refractivity contribution in [3.8, 4) is 0 Å². The lowest BCUT2D eigenvalue weighted by Crippen LogP contribution is -2.43. The second-order valence-electron chi connectivity index (χ2n) is 3.93. The van der Waals surface area contributed by atoms with E-state index in [0.717, 1.165) is 0 Å². The van der Waals surface area contributed by atoms with Crippen molar-refractivity contribution < 1.29 is 9.18 Å². The second kappa shape index (κ2) is 5.23. The normalized spacial score (nSPS) is 12.0. The SMILES string of the molecule is Cc1cccc(C(=O)N(C)C(C)C(N)=S)c1F. The Morgan fingerprint density at radius 2 is 2.12 bits per heavy atom. The van der Waals surface area contributed by atoms with Gasteiger partial charge in [-0.15, -0.1) is 0 Å². The zero-order chi connectivity index (χ0) is 13.2. The Kier molecular flexibility index (Phi) is 4.17. The van der Waals surface area contributed by atoms with Crippen molar-refractivity contribution >= 4 is 23.1 Å². The van der Waals surface area contributed by atoms with Crippen LogP contribution in [0.2, 0.25) is 0 Å². The zero-order valence-corrected chi connectivity index (χ0v) is 10.8. The predicted molar refractivity (Wildman–Crippen MR) is 69.5 cm³/mol. The van der Waals surface area contributed by atoms with E-state index >= 15 is 0 Å². The van der Waals surface area contributed by atoms with Crippen LogP contribution in [0.25, 0.3) is 0 Å². The van der Waals surface area contributed by atoms with E-state index in [0.29, 0.717) is 5.56 Å². The molecule has 3 nitrogen and oxygen atoms in total. The van der Waals surface area contributed by atoms with Gasteiger partial charge in [-0.05, 0) is 25.5 Å². The molecule has 1 atom stereocenters. The molecule has 0 heterocycles. The van der Waals surface area contributed by atoms with Crippen LogP contribution in [0.3, 0.4) is 0 Å². The largest absolute Gasteiger partial charge is 0.392 e. The molecule has 0 aliphatic carbocycles. The van der Waals surface area contributed by atoms with Crippen LogP contribution in [-0.2, 0) is 0 Å². The van der Waals surface area contributed by atoms with Crippen molar-refractivity contribution in [2.24, 2.45) is 5.73 Å². The molecule has 0 spiro atoms. The number of rotatable bonds is 3. The number of carbonyl (C=O) groups excluding carboxylic acids is 1. The summed E-state index contributed by atoms with van der Waals surface area (Å²) in [5.74, 6) is -0.925. The molecule has 1 amide bonds. The highest BCUT2D eigenvalue weighted by Crippen LogP contribution is 2.14. The topological polar surface area (TPSA) is 46.3 Å². The molecule has 0 radical (unpaired) electrons. The summed E-state index contributed by atoms with van der Waals surface area (Å²) in [4.78, 5) is 13.6. The fourth-order valence-electron chi connectivity index (χ4n) is 1.37. The van der Waals surface area contributed by atoms with Crippen molar-refractivity contribution in [1.82, 2.24) is 4.90 Å². The molecule has 1 rings (SSSR count). The third kappa shape index (κ3) is 2.79. The number of carbonyl (C=O) groups is 1. The number of nitrogens with two attached hydrogens (primary N) is 1. The van der Waals surface area contributed by atoms with Gasteiger partial charge in [-0.3, -0.25) is 4.79 Å². The van der Waals surface area contributed by atoms with Gasteiger partial charge in [0.1, 0.15) is 5.82 Å². The maximum atomic E-state index is 13.8. The molecule has 0 saturated carbocycles. The maximum Gasteiger partial charge on any atom is 0.257 e. The number of halogens is 1. The van der Waals surface area contributed by atoms with Gasteiger partial charge in [-0.25, -0.2) is 4.39 Å². The third-order valence-electron chi connectivity index (χ3n) is 2.74. The number of hydrogen-bond donors (Lipinski definition) is 1. The van der Waals surface area contributed by atoms with E-state index in [1.807, 2.05) is 0 Å². The van der Waals surface area contributed by atoms with Gasteiger partial charge in [-0.1, -0.05) is 24.4 Å². The van der Waals surface area contributed by atoms with E-state index in [1.54, 1.807) is 33.0 Å². The first-order chi connectivity index (χ1) is 7.86. The molecule has 5 heteroatoms. The summed E-state index contributed by atoms with van der Waals surface area (Å²) < 4.78 is 13.8. The maximum absolute atomic E-state index is 13.8. The molecule has 0 aromatic heterocycles. The van der Waals surface area contributed by atoms with Gasteiger partial charge in [0.2, 0.25) is 0 Å². The molecular formula is C12H15FN2OS. The number of likely N-dealkylation sites (N-methyl/N-ethyl adjacent to an activating group) is 1. The average Bonchev–Trinajstić information content (AvgIpc) is 2.29. The van der Waals surface area contributed by atoms with Crippen LogP contribution in [0.5, 0.6) is 0 Å². The second-order valence-corrected chi connectivity index (χ2v) is 4.40. The van der Waals surface area contributed by atoms with Gasteiger partial charge >= 0.3 is 0 Å². The molecule has 0 aliphatic heterocycles. The molecule has 17 heavy (non-hydrogen) atoms. The number of aryl methyl sites for hydroxylation is 1. The molecule has 1 unspecified atom stereocenters. The molecular weight excluding hydrogens is 239 g/mol. The van der Waals surface area contributed by atoms with Crippen molar-refractivity contribution in [3.05, 3.63) is 35.1 Å². The Morgan fingerprint density at radius 3 is 2.65 bits per heavy atom. The monoisotopic (exact) mass is 254 g/mol. The average molecular weight is 254 g/mol. The number of hydrogen-bond acceptors (Lipinski definition) is 2. The lowest BCUT2D eigenvalue weighted by Gasteiger charge is -2.24. The van der Waals surface area contributed by atoms with Crippen LogP contribution < -0.4 is 5.73 Å². The molecule has 0 saturated heterocycles. The Hall–Kier alpha value is -1.49. The summed E-state index contributed by atoms with van der Waals surface area (Å²) in [5, 5.41) is 0. The first kappa shape index (κ1) is 13.6. The molecule has 92 valence electrons. The quantitative estimate of drug-likeness (QED) is 0.838. The van der Waals surface area contributed by atoms with E-state index in [1.165, 1.54) is 11.0 Å². The first-order valence-corrected chi connectivity index (χ1v) is 5.58. The van der Waals surface area contributed by atoms with E-state index in [4.69, 9.17) is 18.0 Å². The Labute approximate surface area is 105 Å². The molecule has 1 aromatic carbocycles. The highest BCUT2D eigenvalue weighted by atomic mass is 32.1. The van der Waals surface area contributed by atoms with Crippen LogP contribution in [-0.4, -0.2) is 28.9 Å². The van der Waals surface area contributed by atoms with Gasteiger partial charge < -0.3 is 10.6 Å². The third-order valence-corrected chi connectivity index (χ3v) is 3.08. The van der Waals surface area contributed by atoms with Gasteiger partial charge in [0.15, 0.2) is 0 Å². The van der Waals surface area contributed by atoms with Gasteiger partial charge in [0, 0.05) is 7.05 Å². The minimum atomic E-state index is -0.500. The van der Waals surface area contributed by atoms with Crippen molar-refractivity contribution in [2.45, 2.75) is 19.9 Å². The van der Waals surface area contributed by atoms with Crippen LogP contribution in [0, 0.1) is 12.7 Å². The van der Waals surface area contributed by atoms with Gasteiger partial charge in [-0.2, -0.15) is 0 Å². The fourth-order valence-corrected chi connectivity index (χ4v) is 1.53. The Morgan fingerprint density at radius 1 is 1.53 bits per heavy atom. The summed E-state index contributed by atoms with van der Waals surface area (Å²) in [5.41, 5.74) is 5.94. The Balaban J connectivity index is 3.05. The van der Waals surface area contributed by atoms with E-state index in [2.05, 4.69) is 0 Å². The lowest BCUT2D eigenvalue weighted by molar-refractivity contribution is 0.0774. The summed E-state index contributed by atoms with van der Waals surface area (Å²) in [6.45, 7) is 3.32. The number of thiocarbonyl (C=S) groups is 1.